The van der Waals surface area contributed by atoms with Crippen LogP contribution in [0.2, 0.25) is 0 Å². The quantitative estimate of drug-likeness (QED) is 0.820. The van der Waals surface area contributed by atoms with E-state index in [4.69, 9.17) is 4.74 Å². The van der Waals surface area contributed by atoms with Crippen LogP contribution < -0.4 is 4.90 Å². The molecule has 0 saturated carbocycles. The van der Waals surface area contributed by atoms with E-state index in [-0.39, 0.29) is 5.41 Å². The summed E-state index contributed by atoms with van der Waals surface area (Å²) in [4.78, 5) is 2.07. The first-order valence-electron chi connectivity index (χ1n) is 6.20. The van der Waals surface area contributed by atoms with Crippen molar-refractivity contribution in [1.29, 1.82) is 5.26 Å². The Bertz CT molecular complexity index is 464. The van der Waals surface area contributed by atoms with Gasteiger partial charge in [-0.15, -0.1) is 0 Å². The monoisotopic (exact) mass is 244 g/mol. The van der Waals surface area contributed by atoms with Gasteiger partial charge in [-0.1, -0.05) is 12.1 Å². The minimum Gasteiger partial charge on any atom is -0.379 e. The molecule has 0 unspecified atom stereocenters. The van der Waals surface area contributed by atoms with Crippen LogP contribution in [0, 0.1) is 16.7 Å². The molecule has 0 radical (unpaired) electrons. The van der Waals surface area contributed by atoms with Crippen molar-refractivity contribution in [3.8, 4) is 6.07 Å². The summed E-state index contributed by atoms with van der Waals surface area (Å²) in [7, 11) is 4.05. The third kappa shape index (κ3) is 1.77. The van der Waals surface area contributed by atoms with Gasteiger partial charge in [0.05, 0.1) is 30.1 Å². The van der Waals surface area contributed by atoms with Gasteiger partial charge >= 0.3 is 0 Å². The molecule has 0 aromatic heterocycles. The first-order chi connectivity index (χ1) is 8.43. The van der Waals surface area contributed by atoms with E-state index in [0.29, 0.717) is 13.2 Å². The highest BCUT2D eigenvalue weighted by Crippen LogP contribution is 2.47. The Labute approximate surface area is 109 Å². The van der Waals surface area contributed by atoms with Gasteiger partial charge < -0.3 is 9.64 Å². The zero-order chi connectivity index (χ0) is 13.4. The molecule has 1 aliphatic rings. The van der Waals surface area contributed by atoms with Crippen LogP contribution in [0.3, 0.4) is 0 Å². The lowest BCUT2D eigenvalue weighted by Crippen LogP contribution is -2.56. The molecule has 0 spiro atoms. The maximum atomic E-state index is 9.39. The van der Waals surface area contributed by atoms with E-state index >= 15 is 0 Å². The number of rotatable bonds is 3. The van der Waals surface area contributed by atoms with Crippen LogP contribution in [-0.4, -0.2) is 27.3 Å². The molecule has 0 N–H and O–H groups in total. The summed E-state index contributed by atoms with van der Waals surface area (Å²) in [5.41, 5.74) is 1.80. The third-order valence-electron chi connectivity index (χ3n) is 4.11. The van der Waals surface area contributed by atoms with Gasteiger partial charge in [0.1, 0.15) is 0 Å². The molecule has 96 valence electrons. The lowest BCUT2D eigenvalue weighted by Gasteiger charge is -2.49. The molecule has 1 saturated heterocycles. The van der Waals surface area contributed by atoms with Crippen molar-refractivity contribution < 1.29 is 4.74 Å². The molecule has 3 heteroatoms. The molecule has 2 rings (SSSR count). The van der Waals surface area contributed by atoms with Gasteiger partial charge in [0, 0.05) is 19.8 Å². The van der Waals surface area contributed by atoms with Crippen LogP contribution in [0.25, 0.3) is 0 Å². The Hall–Kier alpha value is -1.53. The summed E-state index contributed by atoms with van der Waals surface area (Å²) >= 11 is 0. The van der Waals surface area contributed by atoms with Crippen molar-refractivity contribution in [3.05, 3.63) is 29.8 Å². The molecule has 0 aliphatic carbocycles. The topological polar surface area (TPSA) is 36.3 Å². The van der Waals surface area contributed by atoms with Crippen LogP contribution in [0.1, 0.15) is 19.4 Å². The van der Waals surface area contributed by atoms with Crippen molar-refractivity contribution in [1.82, 2.24) is 0 Å². The maximum Gasteiger partial charge on any atom is 0.0695 e. The Morgan fingerprint density at radius 2 is 1.78 bits per heavy atom. The molecule has 1 aromatic rings. The fourth-order valence-electron chi connectivity index (χ4n) is 2.38. The Kier molecular flexibility index (Phi) is 3.08. The molecule has 3 nitrogen and oxygen atoms in total. The minimum atomic E-state index is -0.412. The predicted octanol–water partition coefficient (Wildman–Crippen LogP) is 2.57. The van der Waals surface area contributed by atoms with Crippen LogP contribution in [-0.2, 0) is 10.2 Å². The lowest BCUT2D eigenvalue weighted by atomic mass is 9.61. The van der Waals surface area contributed by atoms with Gasteiger partial charge in [0.15, 0.2) is 0 Å². The summed E-state index contributed by atoms with van der Waals surface area (Å²) < 4.78 is 5.40. The lowest BCUT2D eigenvalue weighted by molar-refractivity contribution is -0.102. The van der Waals surface area contributed by atoms with Gasteiger partial charge in [0.25, 0.3) is 0 Å². The molecule has 1 fully saturated rings. The van der Waals surface area contributed by atoms with E-state index in [1.807, 2.05) is 27.9 Å². The molecule has 1 aliphatic heterocycles. The molecular formula is C15H20N2O. The maximum absolute atomic E-state index is 9.39. The first-order valence-corrected chi connectivity index (χ1v) is 6.20. The number of ether oxygens (including phenoxy) is 1. The second kappa shape index (κ2) is 4.29. The zero-order valence-electron chi connectivity index (χ0n) is 11.5. The molecule has 0 atom stereocenters. The highest BCUT2D eigenvalue weighted by atomic mass is 16.5. The van der Waals surface area contributed by atoms with Crippen molar-refractivity contribution in [2.75, 3.05) is 32.2 Å². The molecule has 0 bridgehead atoms. The normalized spacial score (nSPS) is 17.7. The van der Waals surface area contributed by atoms with Crippen LogP contribution >= 0.6 is 0 Å². The Balaban J connectivity index is 2.38. The van der Waals surface area contributed by atoms with E-state index in [9.17, 15) is 5.26 Å². The Morgan fingerprint density at radius 3 is 2.11 bits per heavy atom. The van der Waals surface area contributed by atoms with Crippen molar-refractivity contribution in [2.45, 2.75) is 19.3 Å². The Morgan fingerprint density at radius 1 is 1.22 bits per heavy atom. The number of benzene rings is 1. The van der Waals surface area contributed by atoms with Gasteiger partial charge in [0.2, 0.25) is 0 Å². The summed E-state index contributed by atoms with van der Waals surface area (Å²) in [5.74, 6) is 0. The molecule has 1 heterocycles. The van der Waals surface area contributed by atoms with Crippen LogP contribution in [0.15, 0.2) is 24.3 Å². The molecule has 18 heavy (non-hydrogen) atoms. The molecular weight excluding hydrogens is 224 g/mol. The zero-order valence-corrected chi connectivity index (χ0v) is 11.5. The summed E-state index contributed by atoms with van der Waals surface area (Å²) in [5, 5.41) is 9.39. The van der Waals surface area contributed by atoms with Gasteiger partial charge in [-0.05, 0) is 31.5 Å². The predicted molar refractivity (Wildman–Crippen MR) is 72.7 cm³/mol. The first kappa shape index (κ1) is 12.9. The smallest absolute Gasteiger partial charge is 0.0695 e. The van der Waals surface area contributed by atoms with E-state index < -0.39 is 5.41 Å². The minimum absolute atomic E-state index is 0.160. The highest BCUT2D eigenvalue weighted by Gasteiger charge is 2.52. The third-order valence-corrected chi connectivity index (χ3v) is 4.11. The van der Waals surface area contributed by atoms with Gasteiger partial charge in [-0.25, -0.2) is 0 Å². The highest BCUT2D eigenvalue weighted by molar-refractivity contribution is 5.48. The van der Waals surface area contributed by atoms with Gasteiger partial charge in [-0.2, -0.15) is 5.26 Å². The second-order valence-corrected chi connectivity index (χ2v) is 5.75. The summed E-state index contributed by atoms with van der Waals surface area (Å²) in [6, 6.07) is 10.9. The van der Waals surface area contributed by atoms with Crippen molar-refractivity contribution >= 4 is 5.69 Å². The standard InChI is InChI=1S/C15H20N2O/c1-14(2,9-16)15(10-18-11-15)12-5-7-13(8-6-12)17(3)4/h5-8H,10-11H2,1-4H3. The van der Waals surface area contributed by atoms with Crippen molar-refractivity contribution in [3.63, 3.8) is 0 Å². The number of hydrogen-bond donors (Lipinski definition) is 0. The average molecular weight is 244 g/mol. The summed E-state index contributed by atoms with van der Waals surface area (Å²) in [6.45, 7) is 5.26. The second-order valence-electron chi connectivity index (χ2n) is 5.75. The van der Waals surface area contributed by atoms with E-state index in [0.717, 1.165) is 0 Å². The fourth-order valence-corrected chi connectivity index (χ4v) is 2.38. The number of nitriles is 1. The number of anilines is 1. The summed E-state index contributed by atoms with van der Waals surface area (Å²) in [6.07, 6.45) is 0. The molecule has 1 aromatic carbocycles. The average Bonchev–Trinajstić information content (AvgIpc) is 2.28. The molecule has 0 amide bonds. The van der Waals surface area contributed by atoms with Crippen LogP contribution in [0.4, 0.5) is 5.69 Å². The van der Waals surface area contributed by atoms with Crippen LogP contribution in [0.5, 0.6) is 0 Å². The van der Waals surface area contributed by atoms with Crippen molar-refractivity contribution in [2.24, 2.45) is 5.41 Å². The number of hydrogen-bond acceptors (Lipinski definition) is 3. The largest absolute Gasteiger partial charge is 0.379 e. The van der Waals surface area contributed by atoms with E-state index in [1.165, 1.54) is 11.3 Å². The SMILES string of the molecule is CN(C)c1ccc(C2(C(C)(C)C#N)COC2)cc1. The van der Waals surface area contributed by atoms with E-state index in [1.54, 1.807) is 0 Å². The fraction of sp³-hybridized carbons (Fsp3) is 0.533. The van der Waals surface area contributed by atoms with E-state index in [2.05, 4.69) is 35.2 Å². The number of nitrogens with zero attached hydrogens (tertiary/aromatic N) is 2. The van der Waals surface area contributed by atoms with Gasteiger partial charge in [-0.3, -0.25) is 0 Å².